The number of likely N-dealkylation sites (tertiary alicyclic amines) is 1. The van der Waals surface area contributed by atoms with Crippen LogP contribution in [-0.2, 0) is 9.59 Å². The number of hydrogen-bond acceptors (Lipinski definition) is 4. The van der Waals surface area contributed by atoms with Crippen LogP contribution in [-0.4, -0.2) is 65.4 Å². The van der Waals surface area contributed by atoms with Crippen LogP contribution in [0.5, 0.6) is 0 Å². The Labute approximate surface area is 155 Å². The van der Waals surface area contributed by atoms with E-state index in [1.54, 1.807) is 0 Å². The summed E-state index contributed by atoms with van der Waals surface area (Å²) in [6.45, 7) is 5.25. The Bertz CT molecular complexity index is 545. The number of nitrogens with zero attached hydrogens (tertiary/aromatic N) is 2. The smallest absolute Gasteiger partial charge is 0.325 e. The topological polar surface area (TPSA) is 81.8 Å². The van der Waals surface area contributed by atoms with Gasteiger partial charge in [0, 0.05) is 32.1 Å². The van der Waals surface area contributed by atoms with Crippen molar-refractivity contribution >= 4 is 17.8 Å². The van der Waals surface area contributed by atoms with E-state index in [-0.39, 0.29) is 30.8 Å². The van der Waals surface area contributed by atoms with Crippen molar-refractivity contribution in [1.82, 2.24) is 20.4 Å². The number of carbonyl (C=O) groups is 3. The number of piperidine rings is 1. The second-order valence-electron chi connectivity index (χ2n) is 8.01. The van der Waals surface area contributed by atoms with E-state index in [0.717, 1.165) is 45.2 Å². The number of nitrogens with one attached hydrogen (secondary N) is 2. The van der Waals surface area contributed by atoms with Gasteiger partial charge in [-0.2, -0.15) is 0 Å². The maximum absolute atomic E-state index is 12.5. The molecular weight excluding hydrogens is 332 g/mol. The average Bonchev–Trinajstić information content (AvgIpc) is 3.18. The molecular formula is C19H32N4O3. The quantitative estimate of drug-likeness (QED) is 0.531. The third-order valence-electron chi connectivity index (χ3n) is 6.15. The van der Waals surface area contributed by atoms with Crippen LogP contribution in [0, 0.1) is 0 Å². The standard InChI is InChI=1S/C19H32N4O3/c1-15-7-2-5-12-22(15)13-6-11-20-16(24)8-14-23-17(25)19(21-18(23)26)9-3-4-10-19/h15H,2-14H2,1H3,(H,20,24)(H,21,26). The van der Waals surface area contributed by atoms with Crippen LogP contribution < -0.4 is 10.6 Å². The molecule has 0 aromatic rings. The molecule has 1 spiro atoms. The molecule has 146 valence electrons. The molecule has 26 heavy (non-hydrogen) atoms. The van der Waals surface area contributed by atoms with Gasteiger partial charge in [0.05, 0.1) is 0 Å². The number of amides is 4. The van der Waals surface area contributed by atoms with E-state index in [2.05, 4.69) is 22.5 Å². The number of imide groups is 1. The van der Waals surface area contributed by atoms with Gasteiger partial charge in [-0.1, -0.05) is 19.3 Å². The Balaban J connectivity index is 1.34. The molecule has 2 saturated heterocycles. The minimum absolute atomic E-state index is 0.0929. The van der Waals surface area contributed by atoms with Crippen LogP contribution in [0.3, 0.4) is 0 Å². The van der Waals surface area contributed by atoms with Crippen LogP contribution in [0.15, 0.2) is 0 Å². The summed E-state index contributed by atoms with van der Waals surface area (Å²) >= 11 is 0. The maximum atomic E-state index is 12.5. The van der Waals surface area contributed by atoms with Crippen LogP contribution in [0.4, 0.5) is 4.79 Å². The average molecular weight is 364 g/mol. The Morgan fingerprint density at radius 1 is 1.19 bits per heavy atom. The van der Waals surface area contributed by atoms with E-state index in [1.165, 1.54) is 24.2 Å². The zero-order valence-corrected chi connectivity index (χ0v) is 15.9. The molecule has 2 heterocycles. The zero-order chi connectivity index (χ0) is 18.6. The summed E-state index contributed by atoms with van der Waals surface area (Å²) in [6.07, 6.45) is 8.33. The van der Waals surface area contributed by atoms with Gasteiger partial charge in [0.2, 0.25) is 5.91 Å². The first-order valence-corrected chi connectivity index (χ1v) is 10.2. The Hall–Kier alpha value is -1.63. The summed E-state index contributed by atoms with van der Waals surface area (Å²) in [6, 6.07) is 0.297. The summed E-state index contributed by atoms with van der Waals surface area (Å²) in [5, 5.41) is 5.76. The normalized spacial score (nSPS) is 25.7. The summed E-state index contributed by atoms with van der Waals surface area (Å²) in [7, 11) is 0. The van der Waals surface area contributed by atoms with Crippen molar-refractivity contribution in [2.24, 2.45) is 0 Å². The first kappa shape index (κ1) is 19.1. The van der Waals surface area contributed by atoms with Gasteiger partial charge in [-0.05, 0) is 45.6 Å². The summed E-state index contributed by atoms with van der Waals surface area (Å²) in [5.74, 6) is -0.239. The second-order valence-corrected chi connectivity index (χ2v) is 8.01. The van der Waals surface area contributed by atoms with Crippen molar-refractivity contribution in [3.05, 3.63) is 0 Å². The van der Waals surface area contributed by atoms with Gasteiger partial charge in [0.15, 0.2) is 0 Å². The van der Waals surface area contributed by atoms with Gasteiger partial charge in [0.1, 0.15) is 5.54 Å². The molecule has 1 aliphatic carbocycles. The molecule has 3 fully saturated rings. The first-order valence-electron chi connectivity index (χ1n) is 10.2. The molecule has 0 radical (unpaired) electrons. The number of hydrogen-bond donors (Lipinski definition) is 2. The molecule has 2 N–H and O–H groups in total. The van der Waals surface area contributed by atoms with Gasteiger partial charge in [-0.3, -0.25) is 14.5 Å². The predicted octanol–water partition coefficient (Wildman–Crippen LogP) is 1.62. The fraction of sp³-hybridized carbons (Fsp3) is 0.842. The van der Waals surface area contributed by atoms with E-state index in [9.17, 15) is 14.4 Å². The highest BCUT2D eigenvalue weighted by atomic mass is 16.2. The highest BCUT2D eigenvalue weighted by Gasteiger charge is 2.52. The predicted molar refractivity (Wildman–Crippen MR) is 98.6 cm³/mol. The van der Waals surface area contributed by atoms with Crippen molar-refractivity contribution in [3.8, 4) is 0 Å². The van der Waals surface area contributed by atoms with Crippen molar-refractivity contribution in [3.63, 3.8) is 0 Å². The minimum atomic E-state index is -0.682. The van der Waals surface area contributed by atoms with Crippen molar-refractivity contribution < 1.29 is 14.4 Å². The van der Waals surface area contributed by atoms with Crippen LogP contribution >= 0.6 is 0 Å². The SMILES string of the molecule is CC1CCCCN1CCCNC(=O)CCN1C(=O)NC2(CCCC2)C1=O. The highest BCUT2D eigenvalue weighted by molar-refractivity contribution is 6.07. The maximum Gasteiger partial charge on any atom is 0.325 e. The first-order chi connectivity index (χ1) is 12.5. The molecule has 1 unspecified atom stereocenters. The van der Waals surface area contributed by atoms with Crippen molar-refractivity contribution in [1.29, 1.82) is 0 Å². The molecule has 3 aliphatic rings. The Morgan fingerprint density at radius 2 is 1.96 bits per heavy atom. The molecule has 0 aromatic heterocycles. The monoisotopic (exact) mass is 364 g/mol. The number of rotatable bonds is 7. The van der Waals surface area contributed by atoms with Crippen LogP contribution in [0.2, 0.25) is 0 Å². The van der Waals surface area contributed by atoms with Crippen molar-refractivity contribution in [2.45, 2.75) is 76.3 Å². The van der Waals surface area contributed by atoms with Gasteiger partial charge >= 0.3 is 6.03 Å². The third-order valence-corrected chi connectivity index (χ3v) is 6.15. The van der Waals surface area contributed by atoms with Crippen molar-refractivity contribution in [2.75, 3.05) is 26.2 Å². The molecule has 3 rings (SSSR count). The lowest BCUT2D eigenvalue weighted by atomic mass is 9.98. The van der Waals surface area contributed by atoms with Gasteiger partial charge in [-0.15, -0.1) is 0 Å². The van der Waals surface area contributed by atoms with E-state index in [0.29, 0.717) is 12.6 Å². The molecule has 7 heteroatoms. The Morgan fingerprint density at radius 3 is 2.69 bits per heavy atom. The van der Waals surface area contributed by atoms with Gasteiger partial charge < -0.3 is 15.5 Å². The Kier molecular flexibility index (Phi) is 6.16. The third kappa shape index (κ3) is 4.19. The van der Waals surface area contributed by atoms with E-state index < -0.39 is 5.54 Å². The highest BCUT2D eigenvalue weighted by Crippen LogP contribution is 2.34. The summed E-state index contributed by atoms with van der Waals surface area (Å²) in [4.78, 5) is 40.4. The molecule has 0 bridgehead atoms. The molecule has 1 saturated carbocycles. The van der Waals surface area contributed by atoms with E-state index in [4.69, 9.17) is 0 Å². The molecule has 1 atom stereocenters. The zero-order valence-electron chi connectivity index (χ0n) is 15.9. The summed E-state index contributed by atoms with van der Waals surface area (Å²) < 4.78 is 0. The number of urea groups is 1. The van der Waals surface area contributed by atoms with Crippen LogP contribution in [0.1, 0.15) is 64.7 Å². The molecule has 4 amide bonds. The van der Waals surface area contributed by atoms with Gasteiger partial charge in [-0.25, -0.2) is 4.79 Å². The molecule has 0 aromatic carbocycles. The van der Waals surface area contributed by atoms with E-state index in [1.807, 2.05) is 0 Å². The van der Waals surface area contributed by atoms with E-state index >= 15 is 0 Å². The molecule has 7 nitrogen and oxygen atoms in total. The molecule has 2 aliphatic heterocycles. The lowest BCUT2D eigenvalue weighted by molar-refractivity contribution is -0.131. The minimum Gasteiger partial charge on any atom is -0.356 e. The lowest BCUT2D eigenvalue weighted by Gasteiger charge is -2.33. The number of carbonyl (C=O) groups excluding carboxylic acids is 3. The lowest BCUT2D eigenvalue weighted by Crippen LogP contribution is -2.44. The second kappa shape index (κ2) is 8.37. The fourth-order valence-corrected chi connectivity index (χ4v) is 4.50. The van der Waals surface area contributed by atoms with Gasteiger partial charge in [0.25, 0.3) is 5.91 Å². The largest absolute Gasteiger partial charge is 0.356 e. The fourth-order valence-electron chi connectivity index (χ4n) is 4.50. The van der Waals surface area contributed by atoms with Crippen LogP contribution in [0.25, 0.3) is 0 Å². The summed E-state index contributed by atoms with van der Waals surface area (Å²) in [5.41, 5.74) is -0.682.